The summed E-state index contributed by atoms with van der Waals surface area (Å²) >= 11 is 2.05. The van der Waals surface area contributed by atoms with E-state index in [-0.39, 0.29) is 0 Å². The highest BCUT2D eigenvalue weighted by molar-refractivity contribution is 8.00. The van der Waals surface area contributed by atoms with Crippen molar-refractivity contribution < 1.29 is 4.74 Å². The predicted octanol–water partition coefficient (Wildman–Crippen LogP) is 2.65. The molecule has 0 radical (unpaired) electrons. The van der Waals surface area contributed by atoms with Gasteiger partial charge in [0.15, 0.2) is 5.96 Å². The van der Waals surface area contributed by atoms with Gasteiger partial charge in [0.1, 0.15) is 5.75 Å². The van der Waals surface area contributed by atoms with Crippen molar-refractivity contribution in [3.05, 3.63) is 29.8 Å². The normalized spacial score (nSPS) is 22.1. The predicted molar refractivity (Wildman–Crippen MR) is 91.3 cm³/mol. The van der Waals surface area contributed by atoms with Crippen LogP contribution in [0.25, 0.3) is 0 Å². The average Bonchev–Trinajstić information content (AvgIpc) is 2.95. The fourth-order valence-electron chi connectivity index (χ4n) is 2.50. The number of rotatable bonds is 5. The number of guanidine groups is 1. The van der Waals surface area contributed by atoms with Crippen molar-refractivity contribution in [2.75, 3.05) is 26.5 Å². The summed E-state index contributed by atoms with van der Waals surface area (Å²) in [4.78, 5) is 4.30. The van der Waals surface area contributed by atoms with Gasteiger partial charge in [0.2, 0.25) is 0 Å². The summed E-state index contributed by atoms with van der Waals surface area (Å²) in [5.41, 5.74) is 1.13. The van der Waals surface area contributed by atoms with E-state index in [9.17, 15) is 0 Å². The molecule has 0 aromatic heterocycles. The smallest absolute Gasteiger partial charge is 0.191 e. The Morgan fingerprint density at radius 2 is 2.19 bits per heavy atom. The van der Waals surface area contributed by atoms with Crippen molar-refractivity contribution in [2.24, 2.45) is 4.99 Å². The van der Waals surface area contributed by atoms with Crippen LogP contribution in [-0.2, 0) is 6.54 Å². The molecule has 0 spiro atoms. The van der Waals surface area contributed by atoms with Crippen molar-refractivity contribution in [3.8, 4) is 5.75 Å². The quantitative estimate of drug-likeness (QED) is 0.648. The highest BCUT2D eigenvalue weighted by atomic mass is 32.2. The summed E-state index contributed by atoms with van der Waals surface area (Å²) in [6.07, 6.45) is 2.59. The minimum Gasteiger partial charge on any atom is -0.496 e. The lowest BCUT2D eigenvalue weighted by molar-refractivity contribution is 0.409. The van der Waals surface area contributed by atoms with Crippen LogP contribution in [0.2, 0.25) is 0 Å². The van der Waals surface area contributed by atoms with E-state index >= 15 is 0 Å². The molecule has 1 aliphatic heterocycles. The molecule has 0 amide bonds. The second-order valence-electron chi connectivity index (χ2n) is 5.49. The molecule has 0 bridgehead atoms. The fraction of sp³-hybridized carbons (Fsp3) is 0.562. The van der Waals surface area contributed by atoms with Crippen molar-refractivity contribution >= 4 is 17.7 Å². The first-order chi connectivity index (χ1) is 10.2. The summed E-state index contributed by atoms with van der Waals surface area (Å²) in [7, 11) is 3.51. The van der Waals surface area contributed by atoms with Gasteiger partial charge in [0.25, 0.3) is 0 Å². The second kappa shape index (κ2) is 7.59. The number of hydrogen-bond acceptors (Lipinski definition) is 3. The summed E-state index contributed by atoms with van der Waals surface area (Å²) in [6.45, 7) is 3.97. The van der Waals surface area contributed by atoms with E-state index in [0.29, 0.717) is 11.3 Å². The Bertz CT molecular complexity index is 484. The van der Waals surface area contributed by atoms with E-state index in [2.05, 4.69) is 40.4 Å². The maximum atomic E-state index is 5.36. The molecule has 1 fully saturated rings. The van der Waals surface area contributed by atoms with Crippen molar-refractivity contribution in [2.45, 2.75) is 31.1 Å². The van der Waals surface area contributed by atoms with Gasteiger partial charge in [0.05, 0.1) is 7.11 Å². The summed E-state index contributed by atoms with van der Waals surface area (Å²) in [5, 5.41) is 6.79. The van der Waals surface area contributed by atoms with Crippen LogP contribution in [0.4, 0.5) is 0 Å². The van der Waals surface area contributed by atoms with Crippen molar-refractivity contribution in [1.82, 2.24) is 10.6 Å². The molecule has 1 aromatic rings. The van der Waals surface area contributed by atoms with Crippen LogP contribution in [0, 0.1) is 0 Å². The summed E-state index contributed by atoms with van der Waals surface area (Å²) in [5.74, 6) is 3.01. The Morgan fingerprint density at radius 3 is 2.86 bits per heavy atom. The Labute approximate surface area is 131 Å². The molecule has 2 rings (SSSR count). The minimum atomic E-state index is 0.335. The molecule has 0 saturated carbocycles. The molecule has 1 heterocycles. The number of aliphatic imine (C=N–C) groups is 1. The first kappa shape index (κ1) is 16.0. The number of thioether (sulfide) groups is 1. The minimum absolute atomic E-state index is 0.335. The Morgan fingerprint density at radius 1 is 1.38 bits per heavy atom. The SMILES string of the molecule is CN=C(NCc1ccccc1OC)NCC1(C)CCCS1. The summed E-state index contributed by atoms with van der Waals surface area (Å²) < 4.78 is 5.70. The average molecular weight is 307 g/mol. The lowest BCUT2D eigenvalue weighted by Gasteiger charge is -2.24. The molecule has 1 saturated heterocycles. The van der Waals surface area contributed by atoms with E-state index in [1.165, 1.54) is 18.6 Å². The van der Waals surface area contributed by atoms with Gasteiger partial charge in [-0.1, -0.05) is 18.2 Å². The molecule has 1 aromatic carbocycles. The van der Waals surface area contributed by atoms with E-state index in [1.54, 1.807) is 7.11 Å². The molecule has 1 unspecified atom stereocenters. The van der Waals surface area contributed by atoms with Gasteiger partial charge in [-0.3, -0.25) is 4.99 Å². The van der Waals surface area contributed by atoms with E-state index in [4.69, 9.17) is 4.74 Å². The van der Waals surface area contributed by atoms with Crippen molar-refractivity contribution in [3.63, 3.8) is 0 Å². The third-order valence-electron chi connectivity index (χ3n) is 3.79. The fourth-order valence-corrected chi connectivity index (χ4v) is 3.74. The van der Waals surface area contributed by atoms with Gasteiger partial charge in [-0.25, -0.2) is 0 Å². The second-order valence-corrected chi connectivity index (χ2v) is 7.18. The molecule has 5 heteroatoms. The zero-order chi connectivity index (χ0) is 15.1. The van der Waals surface area contributed by atoms with Gasteiger partial charge >= 0.3 is 0 Å². The van der Waals surface area contributed by atoms with Crippen LogP contribution in [0.3, 0.4) is 0 Å². The van der Waals surface area contributed by atoms with Gasteiger partial charge in [-0.05, 0) is 31.6 Å². The number of benzene rings is 1. The standard InChI is InChI=1S/C16H25N3OS/c1-16(9-6-10-21-16)12-19-15(17-2)18-11-13-7-4-5-8-14(13)20-3/h4-5,7-8H,6,9-12H2,1-3H3,(H2,17,18,19). The van der Waals surface area contributed by atoms with Gasteiger partial charge < -0.3 is 15.4 Å². The van der Waals surface area contributed by atoms with Gasteiger partial charge in [-0.2, -0.15) is 11.8 Å². The summed E-state index contributed by atoms with van der Waals surface area (Å²) in [6, 6.07) is 8.04. The first-order valence-corrected chi connectivity index (χ1v) is 8.36. The zero-order valence-electron chi connectivity index (χ0n) is 13.1. The van der Waals surface area contributed by atoms with Crippen LogP contribution in [0.1, 0.15) is 25.3 Å². The molecule has 116 valence electrons. The number of ether oxygens (including phenoxy) is 1. The number of para-hydroxylation sites is 1. The number of hydrogen-bond donors (Lipinski definition) is 2. The zero-order valence-corrected chi connectivity index (χ0v) is 13.9. The molecule has 1 atom stereocenters. The van der Waals surface area contributed by atoms with Crippen LogP contribution < -0.4 is 15.4 Å². The molecule has 1 aliphatic rings. The highest BCUT2D eigenvalue weighted by Crippen LogP contribution is 2.36. The maximum Gasteiger partial charge on any atom is 0.191 e. The van der Waals surface area contributed by atoms with Crippen LogP contribution in [-0.4, -0.2) is 37.2 Å². The van der Waals surface area contributed by atoms with Gasteiger partial charge in [-0.15, -0.1) is 0 Å². The largest absolute Gasteiger partial charge is 0.496 e. The topological polar surface area (TPSA) is 45.7 Å². The molecule has 0 aliphatic carbocycles. The Kier molecular flexibility index (Phi) is 5.79. The molecular formula is C16H25N3OS. The number of methoxy groups -OCH3 is 1. The van der Waals surface area contributed by atoms with E-state index in [1.807, 2.05) is 25.2 Å². The van der Waals surface area contributed by atoms with Crippen LogP contribution in [0.15, 0.2) is 29.3 Å². The van der Waals surface area contributed by atoms with Crippen molar-refractivity contribution in [1.29, 1.82) is 0 Å². The van der Waals surface area contributed by atoms with E-state index < -0.39 is 0 Å². The molecular weight excluding hydrogens is 282 g/mol. The lowest BCUT2D eigenvalue weighted by atomic mass is 10.1. The molecule has 2 N–H and O–H groups in total. The van der Waals surface area contributed by atoms with Crippen LogP contribution in [0.5, 0.6) is 5.75 Å². The Hall–Kier alpha value is -1.36. The highest BCUT2D eigenvalue weighted by Gasteiger charge is 2.29. The van der Waals surface area contributed by atoms with Gasteiger partial charge in [0, 0.05) is 30.4 Å². The lowest BCUT2D eigenvalue weighted by Crippen LogP contribution is -2.43. The monoisotopic (exact) mass is 307 g/mol. The molecule has 21 heavy (non-hydrogen) atoms. The third-order valence-corrected chi connectivity index (χ3v) is 5.33. The molecule has 4 nitrogen and oxygen atoms in total. The first-order valence-electron chi connectivity index (χ1n) is 7.37. The van der Waals surface area contributed by atoms with Crippen LogP contribution >= 0.6 is 11.8 Å². The number of nitrogens with zero attached hydrogens (tertiary/aromatic N) is 1. The Balaban J connectivity index is 1.85. The maximum absolute atomic E-state index is 5.36. The number of nitrogens with one attached hydrogen (secondary N) is 2. The third kappa shape index (κ3) is 4.56. The van der Waals surface area contributed by atoms with E-state index in [0.717, 1.165) is 23.8 Å².